The zero-order chi connectivity index (χ0) is 16.5. The standard InChI is InChI=1S/C19H30N2O2/c1-16-8-10-18(11-9-16)23-13-12-21(2)15-19(22)20-14-17-6-4-3-5-7-17/h8-11,17H,3-7,12-15H2,1-2H3,(H,20,22). The van der Waals surface area contributed by atoms with Crippen molar-refractivity contribution in [1.82, 2.24) is 10.2 Å². The normalized spacial score (nSPS) is 15.6. The first-order chi connectivity index (χ1) is 11.1. The van der Waals surface area contributed by atoms with Crippen LogP contribution in [0.15, 0.2) is 24.3 Å². The van der Waals surface area contributed by atoms with Gasteiger partial charge in [-0.25, -0.2) is 0 Å². The van der Waals surface area contributed by atoms with E-state index in [9.17, 15) is 4.79 Å². The summed E-state index contributed by atoms with van der Waals surface area (Å²) in [6.07, 6.45) is 6.52. The van der Waals surface area contributed by atoms with Crippen molar-refractivity contribution in [3.8, 4) is 5.75 Å². The molecule has 2 rings (SSSR count). The number of hydrogen-bond donors (Lipinski definition) is 1. The lowest BCUT2D eigenvalue weighted by Gasteiger charge is -2.22. The summed E-state index contributed by atoms with van der Waals surface area (Å²) in [4.78, 5) is 14.0. The highest BCUT2D eigenvalue weighted by Crippen LogP contribution is 2.22. The molecule has 0 bridgehead atoms. The number of aryl methyl sites for hydroxylation is 1. The topological polar surface area (TPSA) is 41.6 Å². The van der Waals surface area contributed by atoms with E-state index in [1.807, 2.05) is 36.2 Å². The molecule has 0 saturated heterocycles. The van der Waals surface area contributed by atoms with E-state index in [2.05, 4.69) is 12.2 Å². The number of likely N-dealkylation sites (N-methyl/N-ethyl adjacent to an activating group) is 1. The Morgan fingerprint density at radius 1 is 1.22 bits per heavy atom. The van der Waals surface area contributed by atoms with Crippen molar-refractivity contribution >= 4 is 5.91 Å². The molecule has 0 aliphatic heterocycles. The first kappa shape index (κ1) is 17.8. The summed E-state index contributed by atoms with van der Waals surface area (Å²) in [5, 5.41) is 3.08. The molecule has 4 nitrogen and oxygen atoms in total. The summed E-state index contributed by atoms with van der Waals surface area (Å²) in [6.45, 7) is 4.67. The van der Waals surface area contributed by atoms with Crippen LogP contribution in [0.1, 0.15) is 37.7 Å². The maximum absolute atomic E-state index is 12.0. The summed E-state index contributed by atoms with van der Waals surface area (Å²) in [5.41, 5.74) is 1.23. The maximum atomic E-state index is 12.0. The quantitative estimate of drug-likeness (QED) is 0.801. The molecule has 0 spiro atoms. The second-order valence-corrected chi connectivity index (χ2v) is 6.71. The van der Waals surface area contributed by atoms with Crippen LogP contribution in [0.2, 0.25) is 0 Å². The number of ether oxygens (including phenoxy) is 1. The molecule has 1 N–H and O–H groups in total. The van der Waals surface area contributed by atoms with E-state index in [-0.39, 0.29) is 5.91 Å². The Labute approximate surface area is 140 Å². The average Bonchev–Trinajstić information content (AvgIpc) is 2.56. The van der Waals surface area contributed by atoms with Crippen LogP contribution in [0.4, 0.5) is 0 Å². The van der Waals surface area contributed by atoms with Crippen molar-refractivity contribution in [2.45, 2.75) is 39.0 Å². The fourth-order valence-electron chi connectivity index (χ4n) is 2.98. The van der Waals surface area contributed by atoms with Gasteiger partial charge in [0.05, 0.1) is 6.54 Å². The van der Waals surface area contributed by atoms with Crippen molar-refractivity contribution in [2.75, 3.05) is 33.3 Å². The van der Waals surface area contributed by atoms with Crippen molar-refractivity contribution in [3.05, 3.63) is 29.8 Å². The molecular formula is C19H30N2O2. The highest BCUT2D eigenvalue weighted by molar-refractivity contribution is 5.77. The molecule has 1 aliphatic rings. The largest absolute Gasteiger partial charge is 0.492 e. The first-order valence-electron chi connectivity index (χ1n) is 8.78. The number of rotatable bonds is 8. The molecular weight excluding hydrogens is 288 g/mol. The molecule has 1 saturated carbocycles. The number of hydrogen-bond acceptors (Lipinski definition) is 3. The fourth-order valence-corrected chi connectivity index (χ4v) is 2.98. The lowest BCUT2D eigenvalue weighted by Crippen LogP contribution is -2.39. The van der Waals surface area contributed by atoms with Gasteiger partial charge in [0.25, 0.3) is 0 Å². The van der Waals surface area contributed by atoms with Crippen LogP contribution < -0.4 is 10.1 Å². The molecule has 0 aromatic heterocycles. The zero-order valence-electron chi connectivity index (χ0n) is 14.5. The third-order valence-electron chi connectivity index (χ3n) is 4.49. The number of carbonyl (C=O) groups excluding carboxylic acids is 1. The molecule has 1 aliphatic carbocycles. The summed E-state index contributed by atoms with van der Waals surface area (Å²) in [7, 11) is 1.96. The van der Waals surface area contributed by atoms with Crippen LogP contribution in [0.3, 0.4) is 0 Å². The predicted octanol–water partition coefficient (Wildman–Crippen LogP) is 3.00. The van der Waals surface area contributed by atoms with Gasteiger partial charge < -0.3 is 10.1 Å². The molecule has 1 aromatic rings. The first-order valence-corrected chi connectivity index (χ1v) is 8.78. The lowest BCUT2D eigenvalue weighted by atomic mass is 9.89. The smallest absolute Gasteiger partial charge is 0.234 e. The summed E-state index contributed by atoms with van der Waals surface area (Å²) in [6, 6.07) is 8.04. The maximum Gasteiger partial charge on any atom is 0.234 e. The molecule has 0 radical (unpaired) electrons. The number of nitrogens with one attached hydrogen (secondary N) is 1. The molecule has 0 atom stereocenters. The third-order valence-corrected chi connectivity index (χ3v) is 4.49. The highest BCUT2D eigenvalue weighted by Gasteiger charge is 2.14. The Kier molecular flexibility index (Phi) is 7.40. The van der Waals surface area contributed by atoms with Gasteiger partial charge in [-0.1, -0.05) is 37.0 Å². The predicted molar refractivity (Wildman–Crippen MR) is 93.8 cm³/mol. The number of benzene rings is 1. The third kappa shape index (κ3) is 7.04. The summed E-state index contributed by atoms with van der Waals surface area (Å²) < 4.78 is 5.69. The minimum absolute atomic E-state index is 0.119. The molecule has 4 heteroatoms. The van der Waals surface area contributed by atoms with Gasteiger partial charge in [0.2, 0.25) is 5.91 Å². The monoisotopic (exact) mass is 318 g/mol. The summed E-state index contributed by atoms with van der Waals surface area (Å²) >= 11 is 0. The van der Waals surface area contributed by atoms with Gasteiger partial charge in [-0.2, -0.15) is 0 Å². The fraction of sp³-hybridized carbons (Fsp3) is 0.632. The molecule has 1 fully saturated rings. The SMILES string of the molecule is Cc1ccc(OCCN(C)CC(=O)NCC2CCCCC2)cc1. The van der Waals surface area contributed by atoms with Crippen molar-refractivity contribution in [1.29, 1.82) is 0 Å². The minimum Gasteiger partial charge on any atom is -0.492 e. The summed E-state index contributed by atoms with van der Waals surface area (Å²) in [5.74, 6) is 1.68. The lowest BCUT2D eigenvalue weighted by molar-refractivity contribution is -0.122. The van der Waals surface area contributed by atoms with Gasteiger partial charge in [0, 0.05) is 13.1 Å². The van der Waals surface area contributed by atoms with Gasteiger partial charge >= 0.3 is 0 Å². The second-order valence-electron chi connectivity index (χ2n) is 6.71. The Balaban J connectivity index is 1.57. The van der Waals surface area contributed by atoms with Crippen molar-refractivity contribution in [2.24, 2.45) is 5.92 Å². The van der Waals surface area contributed by atoms with Crippen LogP contribution in [-0.4, -0.2) is 44.1 Å². The zero-order valence-corrected chi connectivity index (χ0v) is 14.5. The van der Waals surface area contributed by atoms with Crippen LogP contribution in [0.5, 0.6) is 5.75 Å². The van der Waals surface area contributed by atoms with Gasteiger partial charge in [0.15, 0.2) is 0 Å². The minimum atomic E-state index is 0.119. The van der Waals surface area contributed by atoms with E-state index in [4.69, 9.17) is 4.74 Å². The Morgan fingerprint density at radius 2 is 1.91 bits per heavy atom. The van der Waals surface area contributed by atoms with E-state index < -0.39 is 0 Å². The van der Waals surface area contributed by atoms with Gasteiger partial charge in [-0.3, -0.25) is 9.69 Å². The second kappa shape index (κ2) is 9.56. The number of amides is 1. The van der Waals surface area contributed by atoms with Gasteiger partial charge in [-0.05, 0) is 44.9 Å². The van der Waals surface area contributed by atoms with Crippen molar-refractivity contribution < 1.29 is 9.53 Å². The van der Waals surface area contributed by atoms with Crippen molar-refractivity contribution in [3.63, 3.8) is 0 Å². The van der Waals surface area contributed by atoms with E-state index in [0.717, 1.165) is 18.8 Å². The van der Waals surface area contributed by atoms with Gasteiger partial charge in [-0.15, -0.1) is 0 Å². The number of carbonyl (C=O) groups is 1. The van der Waals surface area contributed by atoms with E-state index in [0.29, 0.717) is 19.1 Å². The average molecular weight is 318 g/mol. The van der Waals surface area contributed by atoms with E-state index in [1.54, 1.807) is 0 Å². The molecule has 0 unspecified atom stereocenters. The van der Waals surface area contributed by atoms with E-state index in [1.165, 1.54) is 37.7 Å². The Bertz CT molecular complexity index is 467. The molecule has 1 aromatic carbocycles. The number of nitrogens with zero attached hydrogens (tertiary/aromatic N) is 1. The Morgan fingerprint density at radius 3 is 2.61 bits per heavy atom. The van der Waals surface area contributed by atoms with Crippen LogP contribution in [0.25, 0.3) is 0 Å². The molecule has 23 heavy (non-hydrogen) atoms. The molecule has 0 heterocycles. The molecule has 128 valence electrons. The van der Waals surface area contributed by atoms with Gasteiger partial charge in [0.1, 0.15) is 12.4 Å². The van der Waals surface area contributed by atoms with Crippen LogP contribution >= 0.6 is 0 Å². The van der Waals surface area contributed by atoms with E-state index >= 15 is 0 Å². The van der Waals surface area contributed by atoms with Crippen LogP contribution in [-0.2, 0) is 4.79 Å². The molecule has 1 amide bonds. The highest BCUT2D eigenvalue weighted by atomic mass is 16.5. The van der Waals surface area contributed by atoms with Crippen LogP contribution in [0, 0.1) is 12.8 Å². The Hall–Kier alpha value is -1.55.